The van der Waals surface area contributed by atoms with Crippen LogP contribution in [-0.2, 0) is 9.47 Å². The fraction of sp³-hybridized carbons (Fsp3) is 0.840. The van der Waals surface area contributed by atoms with Gasteiger partial charge >= 0.3 is 0 Å². The van der Waals surface area contributed by atoms with E-state index in [9.17, 15) is 0 Å². The first-order chi connectivity index (χ1) is 12.7. The summed E-state index contributed by atoms with van der Waals surface area (Å²) in [5.41, 5.74) is 3.29. The van der Waals surface area contributed by atoms with Gasteiger partial charge in [-0.05, 0) is 97.6 Å². The van der Waals surface area contributed by atoms with E-state index in [1.54, 1.807) is 11.1 Å². The lowest BCUT2D eigenvalue weighted by Crippen LogP contribution is -2.19. The lowest BCUT2D eigenvalue weighted by atomic mass is 9.97. The molecule has 2 nitrogen and oxygen atoms in total. The maximum Gasteiger partial charge on any atom is 0.0598 e. The zero-order chi connectivity index (χ0) is 20.2. The molecule has 0 aromatic heterocycles. The van der Waals surface area contributed by atoms with Gasteiger partial charge in [0, 0.05) is 13.2 Å². The fourth-order valence-corrected chi connectivity index (χ4v) is 3.43. The average molecular weight is 379 g/mol. The van der Waals surface area contributed by atoms with Gasteiger partial charge in [0.1, 0.15) is 0 Å². The summed E-state index contributed by atoms with van der Waals surface area (Å²) in [5, 5.41) is 0. The van der Waals surface area contributed by atoms with Crippen molar-refractivity contribution in [2.24, 2.45) is 0 Å². The molecule has 0 atom stereocenters. The molecule has 0 bridgehead atoms. The van der Waals surface area contributed by atoms with Gasteiger partial charge in [-0.15, -0.1) is 0 Å². The number of hydrogen-bond acceptors (Lipinski definition) is 2. The average Bonchev–Trinajstić information content (AvgIpc) is 2.98. The second-order valence-corrected chi connectivity index (χ2v) is 9.94. The molecular weight excluding hydrogens is 332 g/mol. The molecule has 0 heterocycles. The predicted octanol–water partition coefficient (Wildman–Crippen LogP) is 7.77. The topological polar surface area (TPSA) is 18.5 Å². The van der Waals surface area contributed by atoms with Crippen molar-refractivity contribution in [3.63, 3.8) is 0 Å². The van der Waals surface area contributed by atoms with E-state index in [1.807, 2.05) is 0 Å². The summed E-state index contributed by atoms with van der Waals surface area (Å²) >= 11 is 0. The standard InChI is InChI=1S/C25H46O2/c1-24(2,3)26-20-13-9-7-11-16-22-18-15-19-23(22)17-12-8-10-14-21-27-25(4,5)6/h18-19H,7-17,20-21H2,1-6H3. The molecule has 1 rings (SSSR count). The van der Waals surface area contributed by atoms with Crippen LogP contribution in [0, 0.1) is 0 Å². The predicted molar refractivity (Wildman–Crippen MR) is 118 cm³/mol. The van der Waals surface area contributed by atoms with Crippen LogP contribution in [0.25, 0.3) is 0 Å². The second kappa shape index (κ2) is 12.8. The van der Waals surface area contributed by atoms with Crippen LogP contribution in [0.3, 0.4) is 0 Å². The maximum atomic E-state index is 5.79. The van der Waals surface area contributed by atoms with Gasteiger partial charge < -0.3 is 9.47 Å². The first kappa shape index (κ1) is 24.4. The molecule has 1 aliphatic rings. The third-order valence-electron chi connectivity index (χ3n) is 4.89. The van der Waals surface area contributed by atoms with Crippen LogP contribution in [0.15, 0.2) is 23.3 Å². The zero-order valence-electron chi connectivity index (χ0n) is 19.2. The molecule has 0 unspecified atom stereocenters. The van der Waals surface area contributed by atoms with E-state index >= 15 is 0 Å². The zero-order valence-corrected chi connectivity index (χ0v) is 19.2. The molecule has 0 saturated carbocycles. The lowest BCUT2D eigenvalue weighted by molar-refractivity contribution is -0.00510. The number of allylic oxidation sites excluding steroid dienone is 4. The van der Waals surface area contributed by atoms with Gasteiger partial charge in [0.25, 0.3) is 0 Å². The van der Waals surface area contributed by atoms with Gasteiger partial charge in [-0.2, -0.15) is 0 Å². The van der Waals surface area contributed by atoms with E-state index in [4.69, 9.17) is 9.47 Å². The molecule has 158 valence electrons. The highest BCUT2D eigenvalue weighted by Crippen LogP contribution is 2.28. The summed E-state index contributed by atoms with van der Waals surface area (Å²) in [5.74, 6) is 0. The van der Waals surface area contributed by atoms with Gasteiger partial charge in [0.15, 0.2) is 0 Å². The SMILES string of the molecule is CC(C)(C)OCCCCCCC1=CCC=C1CCCCCCOC(C)(C)C. The van der Waals surface area contributed by atoms with E-state index < -0.39 is 0 Å². The monoisotopic (exact) mass is 378 g/mol. The van der Waals surface area contributed by atoms with E-state index in [2.05, 4.69) is 53.7 Å². The van der Waals surface area contributed by atoms with Crippen LogP contribution in [0.1, 0.15) is 112 Å². The molecular formula is C25H46O2. The van der Waals surface area contributed by atoms with Crippen molar-refractivity contribution in [2.75, 3.05) is 13.2 Å². The molecule has 27 heavy (non-hydrogen) atoms. The lowest BCUT2D eigenvalue weighted by Gasteiger charge is -2.19. The van der Waals surface area contributed by atoms with Crippen LogP contribution < -0.4 is 0 Å². The van der Waals surface area contributed by atoms with Crippen molar-refractivity contribution in [1.82, 2.24) is 0 Å². The Morgan fingerprint density at radius 2 is 0.963 bits per heavy atom. The highest BCUT2D eigenvalue weighted by molar-refractivity contribution is 5.36. The third-order valence-corrected chi connectivity index (χ3v) is 4.89. The van der Waals surface area contributed by atoms with E-state index in [-0.39, 0.29) is 11.2 Å². The number of rotatable bonds is 14. The molecule has 0 aliphatic heterocycles. The minimum absolute atomic E-state index is 0.00791. The second-order valence-electron chi connectivity index (χ2n) is 9.94. The Labute approximate surface area is 169 Å². The molecule has 0 aromatic rings. The Morgan fingerprint density at radius 3 is 1.33 bits per heavy atom. The van der Waals surface area contributed by atoms with Crippen LogP contribution in [0.4, 0.5) is 0 Å². The highest BCUT2D eigenvalue weighted by atomic mass is 16.5. The van der Waals surface area contributed by atoms with E-state index in [1.165, 1.54) is 64.2 Å². The van der Waals surface area contributed by atoms with Crippen LogP contribution in [-0.4, -0.2) is 24.4 Å². The number of unbranched alkanes of at least 4 members (excludes halogenated alkanes) is 6. The molecule has 0 amide bonds. The van der Waals surface area contributed by atoms with E-state index in [0.29, 0.717) is 0 Å². The van der Waals surface area contributed by atoms with Crippen LogP contribution >= 0.6 is 0 Å². The number of hydrogen-bond donors (Lipinski definition) is 0. The Hall–Kier alpha value is -0.600. The highest BCUT2D eigenvalue weighted by Gasteiger charge is 2.11. The Kier molecular flexibility index (Phi) is 11.6. The van der Waals surface area contributed by atoms with Crippen LogP contribution in [0.2, 0.25) is 0 Å². The Bertz CT molecular complexity index is 404. The molecule has 0 spiro atoms. The quantitative estimate of drug-likeness (QED) is 0.287. The molecule has 2 heteroatoms. The maximum absolute atomic E-state index is 5.79. The largest absolute Gasteiger partial charge is 0.376 e. The molecule has 1 aliphatic carbocycles. The summed E-state index contributed by atoms with van der Waals surface area (Å²) in [6, 6.07) is 0. The summed E-state index contributed by atoms with van der Waals surface area (Å²) in [6.45, 7) is 14.6. The van der Waals surface area contributed by atoms with Gasteiger partial charge in [-0.3, -0.25) is 0 Å². The van der Waals surface area contributed by atoms with Crippen molar-refractivity contribution in [3.8, 4) is 0 Å². The van der Waals surface area contributed by atoms with Crippen molar-refractivity contribution in [2.45, 2.75) is 123 Å². The first-order valence-corrected chi connectivity index (χ1v) is 11.3. The smallest absolute Gasteiger partial charge is 0.0598 e. The minimum Gasteiger partial charge on any atom is -0.376 e. The normalized spacial score (nSPS) is 15.2. The Morgan fingerprint density at radius 1 is 0.593 bits per heavy atom. The van der Waals surface area contributed by atoms with Crippen molar-refractivity contribution in [3.05, 3.63) is 23.3 Å². The first-order valence-electron chi connectivity index (χ1n) is 11.3. The van der Waals surface area contributed by atoms with Gasteiger partial charge in [-0.25, -0.2) is 0 Å². The third kappa shape index (κ3) is 14.1. The van der Waals surface area contributed by atoms with Gasteiger partial charge in [0.2, 0.25) is 0 Å². The summed E-state index contributed by atoms with van der Waals surface area (Å²) in [6.07, 6.45) is 18.9. The van der Waals surface area contributed by atoms with Gasteiger partial charge in [0.05, 0.1) is 11.2 Å². The summed E-state index contributed by atoms with van der Waals surface area (Å²) < 4.78 is 11.6. The molecule has 0 aromatic carbocycles. The molecule has 0 N–H and O–H groups in total. The fourth-order valence-electron chi connectivity index (χ4n) is 3.43. The van der Waals surface area contributed by atoms with Crippen LogP contribution in [0.5, 0.6) is 0 Å². The van der Waals surface area contributed by atoms with Crippen molar-refractivity contribution in [1.29, 1.82) is 0 Å². The molecule has 0 radical (unpaired) electrons. The molecule has 0 saturated heterocycles. The summed E-state index contributed by atoms with van der Waals surface area (Å²) in [4.78, 5) is 0. The van der Waals surface area contributed by atoms with Crippen molar-refractivity contribution >= 4 is 0 Å². The molecule has 0 fully saturated rings. The summed E-state index contributed by atoms with van der Waals surface area (Å²) in [7, 11) is 0. The van der Waals surface area contributed by atoms with E-state index in [0.717, 1.165) is 19.6 Å². The minimum atomic E-state index is 0.00791. The number of ether oxygens (including phenoxy) is 2. The van der Waals surface area contributed by atoms with Crippen molar-refractivity contribution < 1.29 is 9.47 Å². The van der Waals surface area contributed by atoms with Gasteiger partial charge in [-0.1, -0.05) is 37.8 Å². The Balaban J connectivity index is 2.01.